The van der Waals surface area contributed by atoms with Gasteiger partial charge in [-0.2, -0.15) is 18.4 Å². The lowest BCUT2D eigenvalue weighted by molar-refractivity contribution is -0.138. The number of aryl methyl sites for hydroxylation is 1. The zero-order chi connectivity index (χ0) is 14.2. The number of fused-ring (bicyclic) bond motifs is 1. The molecule has 0 saturated heterocycles. The van der Waals surface area contributed by atoms with Crippen LogP contribution in [0, 0.1) is 21.9 Å². The Bertz CT molecular complexity index is 596. The number of nitriles is 1. The number of rotatable bonds is 1. The monoisotopic (exact) mass is 286 g/mol. The van der Waals surface area contributed by atoms with Gasteiger partial charge in [-0.15, -0.1) is 0 Å². The quantitative estimate of drug-likeness (QED) is 0.788. The minimum absolute atomic E-state index is 0.108. The Hall–Kier alpha value is -1.35. The van der Waals surface area contributed by atoms with Gasteiger partial charge in [-0.25, -0.2) is 0 Å². The topological polar surface area (TPSA) is 39.6 Å². The maximum atomic E-state index is 13.2. The zero-order valence-electron chi connectivity index (χ0n) is 10.4. The lowest BCUT2D eigenvalue weighted by atomic mass is 9.82. The van der Waals surface area contributed by atoms with E-state index in [0.717, 1.165) is 12.8 Å². The van der Waals surface area contributed by atoms with Crippen molar-refractivity contribution in [3.63, 3.8) is 0 Å². The molecule has 1 aliphatic carbocycles. The molecule has 2 nitrogen and oxygen atoms in total. The first kappa shape index (κ1) is 14.1. The molecule has 6 heteroatoms. The van der Waals surface area contributed by atoms with Crippen molar-refractivity contribution < 1.29 is 13.2 Å². The molecular formula is C13H13F3N2S. The predicted octanol–water partition coefficient (Wildman–Crippen LogP) is 4.15. The standard InChI is InChI=1S/C13H13F3N2S/c1-2-7-3-4-10-8(5-7)11(13(14,15)16)9(6-17)12(19)18-10/h7H,2-5H2,1H3,(H,18,19)/t7-/m0/s1. The molecule has 2 rings (SSSR count). The smallest absolute Gasteiger partial charge is 0.349 e. The first-order chi connectivity index (χ1) is 8.88. The van der Waals surface area contributed by atoms with Gasteiger partial charge in [-0.05, 0) is 30.7 Å². The Morgan fingerprint density at radius 3 is 2.68 bits per heavy atom. The number of halogens is 3. The minimum atomic E-state index is -4.53. The van der Waals surface area contributed by atoms with Crippen molar-refractivity contribution in [2.45, 2.75) is 38.8 Å². The molecule has 0 unspecified atom stereocenters. The number of nitrogens with zero attached hydrogens (tertiary/aromatic N) is 1. The maximum Gasteiger partial charge on any atom is 0.418 e. The second-order valence-electron chi connectivity index (χ2n) is 4.79. The molecule has 0 bridgehead atoms. The molecule has 1 aromatic rings. The van der Waals surface area contributed by atoms with Crippen LogP contribution in [0.3, 0.4) is 0 Å². The Morgan fingerprint density at radius 1 is 1.47 bits per heavy atom. The van der Waals surface area contributed by atoms with Gasteiger partial charge in [-0.1, -0.05) is 25.6 Å². The molecule has 0 saturated carbocycles. The highest BCUT2D eigenvalue weighted by Gasteiger charge is 2.39. The summed E-state index contributed by atoms with van der Waals surface area (Å²) in [6.45, 7) is 1.97. The molecule has 102 valence electrons. The number of aromatic amines is 1. The number of nitrogens with one attached hydrogen (secondary N) is 1. The normalized spacial score (nSPS) is 18.8. The molecule has 0 aliphatic heterocycles. The van der Waals surface area contributed by atoms with Gasteiger partial charge in [0.25, 0.3) is 0 Å². The fraction of sp³-hybridized carbons (Fsp3) is 0.538. The second-order valence-corrected chi connectivity index (χ2v) is 5.20. The molecule has 19 heavy (non-hydrogen) atoms. The van der Waals surface area contributed by atoms with Crippen LogP contribution in [0.2, 0.25) is 0 Å². The molecular weight excluding hydrogens is 273 g/mol. The summed E-state index contributed by atoms with van der Waals surface area (Å²) in [7, 11) is 0. The molecule has 1 N–H and O–H groups in total. The van der Waals surface area contributed by atoms with Gasteiger partial charge in [0.1, 0.15) is 10.7 Å². The predicted molar refractivity (Wildman–Crippen MR) is 67.1 cm³/mol. The van der Waals surface area contributed by atoms with E-state index in [0.29, 0.717) is 18.5 Å². The lowest BCUT2D eigenvalue weighted by Gasteiger charge is -2.27. The van der Waals surface area contributed by atoms with Crippen LogP contribution in [0.5, 0.6) is 0 Å². The van der Waals surface area contributed by atoms with Crippen LogP contribution < -0.4 is 0 Å². The van der Waals surface area contributed by atoms with E-state index in [4.69, 9.17) is 17.5 Å². The number of hydrogen-bond donors (Lipinski definition) is 1. The minimum Gasteiger partial charge on any atom is -0.349 e. The van der Waals surface area contributed by atoms with Gasteiger partial charge in [0.05, 0.1) is 11.1 Å². The summed E-state index contributed by atoms with van der Waals surface area (Å²) in [4.78, 5) is 2.80. The molecule has 1 aliphatic rings. The van der Waals surface area contributed by atoms with E-state index in [1.54, 1.807) is 6.07 Å². The molecule has 0 radical (unpaired) electrons. The van der Waals surface area contributed by atoms with Crippen LogP contribution in [-0.4, -0.2) is 4.98 Å². The van der Waals surface area contributed by atoms with Gasteiger partial charge in [0, 0.05) is 5.69 Å². The highest BCUT2D eigenvalue weighted by atomic mass is 32.1. The van der Waals surface area contributed by atoms with Crippen molar-refractivity contribution in [3.05, 3.63) is 27.0 Å². The van der Waals surface area contributed by atoms with Crippen molar-refractivity contribution in [2.75, 3.05) is 0 Å². The van der Waals surface area contributed by atoms with Crippen LogP contribution in [0.4, 0.5) is 13.2 Å². The Labute approximate surface area is 114 Å². The van der Waals surface area contributed by atoms with E-state index in [9.17, 15) is 13.2 Å². The van der Waals surface area contributed by atoms with Gasteiger partial charge < -0.3 is 4.98 Å². The average molecular weight is 286 g/mol. The summed E-state index contributed by atoms with van der Waals surface area (Å²) in [5.74, 6) is 0.240. The van der Waals surface area contributed by atoms with Crippen molar-refractivity contribution in [3.8, 4) is 6.07 Å². The van der Waals surface area contributed by atoms with Gasteiger partial charge >= 0.3 is 6.18 Å². The van der Waals surface area contributed by atoms with Gasteiger partial charge in [0.2, 0.25) is 0 Å². The van der Waals surface area contributed by atoms with E-state index >= 15 is 0 Å². The van der Waals surface area contributed by atoms with Crippen LogP contribution >= 0.6 is 12.2 Å². The number of H-pyrrole nitrogens is 1. The van der Waals surface area contributed by atoms with Crippen molar-refractivity contribution in [1.82, 2.24) is 4.98 Å². The number of hydrogen-bond acceptors (Lipinski definition) is 2. The third-order valence-electron chi connectivity index (χ3n) is 3.68. The summed E-state index contributed by atoms with van der Waals surface area (Å²) in [5.41, 5.74) is -0.498. The summed E-state index contributed by atoms with van der Waals surface area (Å²) in [6.07, 6.45) is -1.91. The van der Waals surface area contributed by atoms with E-state index in [1.165, 1.54) is 0 Å². The molecule has 1 heterocycles. The Balaban J connectivity index is 2.72. The maximum absolute atomic E-state index is 13.2. The van der Waals surface area contributed by atoms with Gasteiger partial charge in [-0.3, -0.25) is 0 Å². The van der Waals surface area contributed by atoms with Crippen LogP contribution in [0.25, 0.3) is 0 Å². The summed E-state index contributed by atoms with van der Waals surface area (Å²) in [6, 6.07) is 1.60. The molecule has 0 amide bonds. The van der Waals surface area contributed by atoms with E-state index < -0.39 is 17.3 Å². The SMILES string of the molecule is CC[C@H]1CCc2[nH]c(=S)c(C#N)c(C(F)(F)F)c2C1. The molecule has 1 aromatic heterocycles. The molecule has 1 atom stereocenters. The molecule has 0 fully saturated rings. The van der Waals surface area contributed by atoms with E-state index in [-0.39, 0.29) is 16.1 Å². The van der Waals surface area contributed by atoms with E-state index in [1.807, 2.05) is 6.92 Å². The second kappa shape index (κ2) is 4.97. The molecule has 0 spiro atoms. The third-order valence-corrected chi connectivity index (χ3v) is 3.98. The first-order valence-corrected chi connectivity index (χ1v) is 6.54. The van der Waals surface area contributed by atoms with Crippen LogP contribution in [0.15, 0.2) is 0 Å². The van der Waals surface area contributed by atoms with Crippen LogP contribution in [-0.2, 0) is 19.0 Å². The zero-order valence-corrected chi connectivity index (χ0v) is 11.2. The Morgan fingerprint density at radius 2 is 2.16 bits per heavy atom. The fourth-order valence-corrected chi connectivity index (χ4v) is 2.91. The third kappa shape index (κ3) is 2.52. The fourth-order valence-electron chi connectivity index (χ4n) is 2.64. The number of pyridine rings is 1. The molecule has 0 aromatic carbocycles. The Kier molecular flexibility index (Phi) is 3.68. The summed E-state index contributed by atoms with van der Waals surface area (Å²) < 4.78 is 39.6. The highest BCUT2D eigenvalue weighted by molar-refractivity contribution is 7.71. The van der Waals surface area contributed by atoms with Crippen LogP contribution in [0.1, 0.15) is 42.1 Å². The first-order valence-electron chi connectivity index (χ1n) is 6.13. The highest BCUT2D eigenvalue weighted by Crippen LogP contribution is 2.39. The van der Waals surface area contributed by atoms with Crippen molar-refractivity contribution in [2.24, 2.45) is 5.92 Å². The number of alkyl halides is 3. The van der Waals surface area contributed by atoms with Crippen molar-refractivity contribution >= 4 is 12.2 Å². The van der Waals surface area contributed by atoms with E-state index in [2.05, 4.69) is 4.98 Å². The van der Waals surface area contributed by atoms with Crippen molar-refractivity contribution in [1.29, 1.82) is 5.26 Å². The largest absolute Gasteiger partial charge is 0.418 e. The number of aromatic nitrogens is 1. The summed E-state index contributed by atoms with van der Waals surface area (Å²) >= 11 is 4.87. The average Bonchev–Trinajstić information content (AvgIpc) is 2.35. The lowest BCUT2D eigenvalue weighted by Crippen LogP contribution is -2.22. The summed E-state index contributed by atoms with van der Waals surface area (Å²) in [5, 5.41) is 8.95. The van der Waals surface area contributed by atoms with Gasteiger partial charge in [0.15, 0.2) is 0 Å².